The Morgan fingerprint density at radius 1 is 1.04 bits per heavy atom. The first kappa shape index (κ1) is 16.7. The zero-order valence-electron chi connectivity index (χ0n) is 13.6. The number of nitrogens with zero attached hydrogens (tertiary/aromatic N) is 3. The van der Waals surface area contributed by atoms with Gasteiger partial charge in [-0.1, -0.05) is 23.7 Å². The van der Waals surface area contributed by atoms with E-state index in [1.807, 2.05) is 24.1 Å². The van der Waals surface area contributed by atoms with Crippen LogP contribution in [-0.2, 0) is 6.54 Å². The maximum absolute atomic E-state index is 12.6. The maximum atomic E-state index is 12.6. The van der Waals surface area contributed by atoms with E-state index in [-0.39, 0.29) is 11.5 Å². The van der Waals surface area contributed by atoms with Gasteiger partial charge in [0, 0.05) is 43.5 Å². The lowest BCUT2D eigenvalue weighted by Gasteiger charge is -2.32. The number of amides is 1. The van der Waals surface area contributed by atoms with Gasteiger partial charge in [0.15, 0.2) is 0 Å². The fourth-order valence-electron chi connectivity index (χ4n) is 2.76. The Kier molecular flexibility index (Phi) is 5.02. The fourth-order valence-corrected chi connectivity index (χ4v) is 2.89. The Balaban J connectivity index is 1.79. The second-order valence-electron chi connectivity index (χ2n) is 6.11. The predicted octanol–water partition coefficient (Wildman–Crippen LogP) is 1.94. The molecular formula is C18H20ClN3O2. The number of likely N-dealkylation sites (N-methyl/N-ethyl adjacent to an activating group) is 1. The van der Waals surface area contributed by atoms with Crippen molar-refractivity contribution in [3.8, 4) is 0 Å². The molecule has 1 aliphatic heterocycles. The minimum atomic E-state index is -0.125. The first-order valence-corrected chi connectivity index (χ1v) is 8.33. The van der Waals surface area contributed by atoms with Gasteiger partial charge in [0.25, 0.3) is 11.5 Å². The second kappa shape index (κ2) is 7.20. The molecule has 5 nitrogen and oxygen atoms in total. The van der Waals surface area contributed by atoms with Gasteiger partial charge in [0.2, 0.25) is 0 Å². The number of piperazine rings is 1. The van der Waals surface area contributed by atoms with Crippen molar-refractivity contribution in [3.63, 3.8) is 0 Å². The SMILES string of the molecule is CN1CCN(C(=O)c2ccc(=O)n(Cc3ccc(Cl)cc3)c2)CC1. The highest BCUT2D eigenvalue weighted by atomic mass is 35.5. The molecule has 0 spiro atoms. The van der Waals surface area contributed by atoms with E-state index in [9.17, 15) is 9.59 Å². The Morgan fingerprint density at radius 3 is 2.38 bits per heavy atom. The molecular weight excluding hydrogens is 326 g/mol. The molecule has 1 aromatic heterocycles. The minimum absolute atomic E-state index is 0.0204. The van der Waals surface area contributed by atoms with Gasteiger partial charge in [0.05, 0.1) is 12.1 Å². The minimum Gasteiger partial charge on any atom is -0.336 e. The molecule has 1 saturated heterocycles. The molecule has 2 heterocycles. The molecule has 0 atom stereocenters. The highest BCUT2D eigenvalue weighted by Gasteiger charge is 2.20. The van der Waals surface area contributed by atoms with Crippen LogP contribution in [0.5, 0.6) is 0 Å². The zero-order valence-corrected chi connectivity index (χ0v) is 14.4. The standard InChI is InChI=1S/C18H20ClN3O2/c1-20-8-10-21(11-9-20)18(24)15-4-7-17(23)22(13-15)12-14-2-5-16(19)6-3-14/h2-7,13H,8-12H2,1H3. The Hall–Kier alpha value is -2.11. The number of benzene rings is 1. The molecule has 0 bridgehead atoms. The zero-order chi connectivity index (χ0) is 17.1. The van der Waals surface area contributed by atoms with E-state index in [1.54, 1.807) is 29.0 Å². The summed E-state index contributed by atoms with van der Waals surface area (Å²) in [5, 5.41) is 0.657. The molecule has 24 heavy (non-hydrogen) atoms. The Labute approximate surface area is 146 Å². The summed E-state index contributed by atoms with van der Waals surface area (Å²) in [6.07, 6.45) is 1.65. The van der Waals surface area contributed by atoms with E-state index in [1.165, 1.54) is 6.07 Å². The Bertz CT molecular complexity index is 778. The summed E-state index contributed by atoms with van der Waals surface area (Å²) in [5.74, 6) is -0.0204. The smallest absolute Gasteiger partial charge is 0.255 e. The summed E-state index contributed by atoms with van der Waals surface area (Å²) < 4.78 is 1.56. The van der Waals surface area contributed by atoms with Crippen molar-refractivity contribution in [1.82, 2.24) is 14.4 Å². The fraction of sp³-hybridized carbons (Fsp3) is 0.333. The quantitative estimate of drug-likeness (QED) is 0.854. The summed E-state index contributed by atoms with van der Waals surface area (Å²) in [7, 11) is 2.05. The average molecular weight is 346 g/mol. The van der Waals surface area contributed by atoms with E-state index in [0.29, 0.717) is 30.2 Å². The number of hydrogen-bond acceptors (Lipinski definition) is 3. The van der Waals surface area contributed by atoms with Gasteiger partial charge in [-0.05, 0) is 30.8 Å². The monoisotopic (exact) mass is 345 g/mol. The van der Waals surface area contributed by atoms with Gasteiger partial charge in [-0.15, -0.1) is 0 Å². The third-order valence-electron chi connectivity index (χ3n) is 4.29. The van der Waals surface area contributed by atoms with Gasteiger partial charge >= 0.3 is 0 Å². The lowest BCUT2D eigenvalue weighted by molar-refractivity contribution is 0.0663. The Morgan fingerprint density at radius 2 is 1.71 bits per heavy atom. The van der Waals surface area contributed by atoms with Crippen LogP contribution in [0.4, 0.5) is 0 Å². The van der Waals surface area contributed by atoms with Crippen molar-refractivity contribution in [2.75, 3.05) is 33.2 Å². The van der Waals surface area contributed by atoms with Crippen LogP contribution >= 0.6 is 11.6 Å². The van der Waals surface area contributed by atoms with Crippen LogP contribution in [0.1, 0.15) is 15.9 Å². The van der Waals surface area contributed by atoms with Crippen molar-refractivity contribution in [1.29, 1.82) is 0 Å². The van der Waals surface area contributed by atoms with Crippen LogP contribution in [-0.4, -0.2) is 53.5 Å². The van der Waals surface area contributed by atoms with Gasteiger partial charge in [-0.3, -0.25) is 9.59 Å². The molecule has 1 fully saturated rings. The van der Waals surface area contributed by atoms with Crippen LogP contribution in [0.15, 0.2) is 47.4 Å². The molecule has 0 saturated carbocycles. The van der Waals surface area contributed by atoms with Crippen molar-refractivity contribution < 1.29 is 4.79 Å². The normalized spacial score (nSPS) is 15.5. The number of hydrogen-bond donors (Lipinski definition) is 0. The molecule has 0 radical (unpaired) electrons. The summed E-state index contributed by atoms with van der Waals surface area (Å²) >= 11 is 5.89. The molecule has 0 aliphatic carbocycles. The van der Waals surface area contributed by atoms with E-state index in [2.05, 4.69) is 4.90 Å². The molecule has 0 N–H and O–H groups in total. The van der Waals surface area contributed by atoms with Crippen molar-refractivity contribution >= 4 is 17.5 Å². The molecule has 126 valence electrons. The van der Waals surface area contributed by atoms with Crippen LogP contribution in [0.25, 0.3) is 0 Å². The highest BCUT2D eigenvalue weighted by Crippen LogP contribution is 2.11. The van der Waals surface area contributed by atoms with Gasteiger partial charge < -0.3 is 14.4 Å². The largest absolute Gasteiger partial charge is 0.336 e. The van der Waals surface area contributed by atoms with Crippen molar-refractivity contribution in [3.05, 3.63) is 69.1 Å². The molecule has 3 rings (SSSR count). The topological polar surface area (TPSA) is 45.6 Å². The predicted molar refractivity (Wildman–Crippen MR) is 94.7 cm³/mol. The maximum Gasteiger partial charge on any atom is 0.255 e. The number of rotatable bonds is 3. The van der Waals surface area contributed by atoms with Gasteiger partial charge in [-0.2, -0.15) is 0 Å². The molecule has 1 aliphatic rings. The molecule has 1 amide bonds. The van der Waals surface area contributed by atoms with E-state index >= 15 is 0 Å². The number of carbonyl (C=O) groups excluding carboxylic acids is 1. The first-order chi connectivity index (χ1) is 11.5. The summed E-state index contributed by atoms with van der Waals surface area (Å²) in [5.41, 5.74) is 1.39. The number of halogens is 1. The summed E-state index contributed by atoms with van der Waals surface area (Å²) in [4.78, 5) is 28.8. The average Bonchev–Trinajstić information content (AvgIpc) is 2.59. The summed E-state index contributed by atoms with van der Waals surface area (Å²) in [6, 6.07) is 10.4. The third kappa shape index (κ3) is 3.86. The number of carbonyl (C=O) groups is 1. The molecule has 6 heteroatoms. The van der Waals surface area contributed by atoms with Gasteiger partial charge in [0.1, 0.15) is 0 Å². The number of aromatic nitrogens is 1. The molecule has 1 aromatic carbocycles. The van der Waals surface area contributed by atoms with E-state index in [0.717, 1.165) is 18.7 Å². The lowest BCUT2D eigenvalue weighted by atomic mass is 10.2. The van der Waals surface area contributed by atoms with Crippen LogP contribution < -0.4 is 5.56 Å². The molecule has 0 unspecified atom stereocenters. The van der Waals surface area contributed by atoms with Crippen LogP contribution in [0.2, 0.25) is 5.02 Å². The highest BCUT2D eigenvalue weighted by molar-refractivity contribution is 6.30. The number of pyridine rings is 1. The van der Waals surface area contributed by atoms with E-state index < -0.39 is 0 Å². The van der Waals surface area contributed by atoms with Gasteiger partial charge in [-0.25, -0.2) is 0 Å². The van der Waals surface area contributed by atoms with E-state index in [4.69, 9.17) is 11.6 Å². The van der Waals surface area contributed by atoms with Crippen molar-refractivity contribution in [2.24, 2.45) is 0 Å². The second-order valence-corrected chi connectivity index (χ2v) is 6.54. The first-order valence-electron chi connectivity index (χ1n) is 7.96. The van der Waals surface area contributed by atoms with Crippen LogP contribution in [0, 0.1) is 0 Å². The summed E-state index contributed by atoms with van der Waals surface area (Å²) in [6.45, 7) is 3.59. The third-order valence-corrected chi connectivity index (χ3v) is 4.54. The van der Waals surface area contributed by atoms with Crippen molar-refractivity contribution in [2.45, 2.75) is 6.54 Å². The lowest BCUT2D eigenvalue weighted by Crippen LogP contribution is -2.47. The molecule has 2 aromatic rings. The van der Waals surface area contributed by atoms with Crippen LogP contribution in [0.3, 0.4) is 0 Å².